The summed E-state index contributed by atoms with van der Waals surface area (Å²) in [6.07, 6.45) is 0. The minimum Gasteiger partial charge on any atom is -0.338 e. The summed E-state index contributed by atoms with van der Waals surface area (Å²) in [7, 11) is -3.63. The van der Waals surface area contributed by atoms with Crippen molar-refractivity contribution in [3.8, 4) is 0 Å². The summed E-state index contributed by atoms with van der Waals surface area (Å²) in [5.41, 5.74) is 1.63. The lowest BCUT2D eigenvalue weighted by atomic mass is 10.2. The van der Waals surface area contributed by atoms with E-state index >= 15 is 0 Å². The fraction of sp³-hybridized carbons (Fsp3) is 0.348. The molecule has 4 rings (SSSR count). The Morgan fingerprint density at radius 2 is 1.55 bits per heavy atom. The molecule has 0 aromatic heterocycles. The predicted octanol–water partition coefficient (Wildman–Crippen LogP) is 1.69. The zero-order chi connectivity index (χ0) is 23.8. The van der Waals surface area contributed by atoms with Crippen LogP contribution in [0.4, 0.5) is 10.5 Å². The Balaban J connectivity index is 1.39. The number of amides is 4. The molecule has 2 aromatic carbocycles. The fourth-order valence-corrected chi connectivity index (χ4v) is 5.51. The second kappa shape index (κ2) is 8.95. The summed E-state index contributed by atoms with van der Waals surface area (Å²) in [6, 6.07) is 14.2. The van der Waals surface area contributed by atoms with Crippen LogP contribution in [0.2, 0.25) is 0 Å². The van der Waals surface area contributed by atoms with Crippen molar-refractivity contribution in [2.45, 2.75) is 24.8 Å². The number of sulfonamides is 1. The first-order valence-electron chi connectivity index (χ1n) is 10.7. The molecule has 10 heteroatoms. The van der Waals surface area contributed by atoms with Gasteiger partial charge in [0.1, 0.15) is 12.6 Å². The number of piperazine rings is 1. The maximum atomic E-state index is 12.9. The van der Waals surface area contributed by atoms with Crippen LogP contribution in [0.5, 0.6) is 0 Å². The van der Waals surface area contributed by atoms with E-state index in [9.17, 15) is 22.8 Å². The summed E-state index contributed by atoms with van der Waals surface area (Å²) in [5.74, 6) is -0.814. The van der Waals surface area contributed by atoms with E-state index in [2.05, 4.69) is 0 Å². The Morgan fingerprint density at radius 1 is 0.939 bits per heavy atom. The minimum absolute atomic E-state index is 0.150. The van der Waals surface area contributed by atoms with Gasteiger partial charge in [0.15, 0.2) is 0 Å². The number of hydrogen-bond acceptors (Lipinski definition) is 5. The van der Waals surface area contributed by atoms with Crippen LogP contribution >= 0.6 is 0 Å². The van der Waals surface area contributed by atoms with Crippen molar-refractivity contribution < 1.29 is 22.8 Å². The van der Waals surface area contributed by atoms with Crippen molar-refractivity contribution in [2.24, 2.45) is 0 Å². The third-order valence-electron chi connectivity index (χ3n) is 6.03. The monoisotopic (exact) mass is 470 g/mol. The highest BCUT2D eigenvalue weighted by Gasteiger charge is 2.44. The van der Waals surface area contributed by atoms with Crippen molar-refractivity contribution >= 4 is 33.6 Å². The molecule has 0 spiro atoms. The normalized spacial score (nSPS) is 19.9. The molecule has 0 radical (unpaired) electrons. The first kappa shape index (κ1) is 22.9. The molecule has 0 aliphatic carbocycles. The highest BCUT2D eigenvalue weighted by atomic mass is 32.2. The molecule has 2 fully saturated rings. The van der Waals surface area contributed by atoms with Gasteiger partial charge in [0.25, 0.3) is 5.91 Å². The SMILES string of the molecule is Cc1ccc(N2C(=O)N(CC(=O)N3CCN(S(=O)(=O)c4ccccc4)CC3)C(=O)[C@@H]2C)cc1. The van der Waals surface area contributed by atoms with E-state index in [1.54, 1.807) is 49.4 Å². The number of imide groups is 1. The number of anilines is 1. The van der Waals surface area contributed by atoms with E-state index in [1.807, 2.05) is 19.1 Å². The van der Waals surface area contributed by atoms with E-state index in [0.29, 0.717) is 5.69 Å². The van der Waals surface area contributed by atoms with E-state index in [1.165, 1.54) is 14.1 Å². The molecule has 0 saturated carbocycles. The average molecular weight is 471 g/mol. The van der Waals surface area contributed by atoms with Crippen LogP contribution in [0.25, 0.3) is 0 Å². The smallest absolute Gasteiger partial charge is 0.332 e. The third kappa shape index (κ3) is 4.36. The van der Waals surface area contributed by atoms with Crippen molar-refractivity contribution in [3.63, 3.8) is 0 Å². The molecular weight excluding hydrogens is 444 g/mol. The number of aryl methyl sites for hydroxylation is 1. The Labute approximate surface area is 193 Å². The summed E-state index contributed by atoms with van der Waals surface area (Å²) in [6.45, 7) is 3.89. The van der Waals surface area contributed by atoms with E-state index in [4.69, 9.17) is 0 Å². The van der Waals surface area contributed by atoms with E-state index < -0.39 is 28.0 Å². The molecule has 2 heterocycles. The van der Waals surface area contributed by atoms with Gasteiger partial charge in [-0.25, -0.2) is 13.2 Å². The first-order chi connectivity index (χ1) is 15.7. The zero-order valence-electron chi connectivity index (χ0n) is 18.5. The molecule has 2 aliphatic heterocycles. The van der Waals surface area contributed by atoms with Gasteiger partial charge in [-0.2, -0.15) is 4.31 Å². The molecule has 2 saturated heterocycles. The Hall–Kier alpha value is -3.24. The number of hydrogen-bond donors (Lipinski definition) is 0. The molecule has 9 nitrogen and oxygen atoms in total. The highest BCUT2D eigenvalue weighted by Crippen LogP contribution is 2.26. The van der Waals surface area contributed by atoms with Gasteiger partial charge in [0.05, 0.1) is 4.90 Å². The summed E-state index contributed by atoms with van der Waals surface area (Å²) >= 11 is 0. The van der Waals surface area contributed by atoms with Crippen molar-refractivity contribution in [1.82, 2.24) is 14.1 Å². The van der Waals surface area contributed by atoms with Gasteiger partial charge in [-0.15, -0.1) is 0 Å². The topological polar surface area (TPSA) is 98.3 Å². The summed E-state index contributed by atoms with van der Waals surface area (Å²) in [4.78, 5) is 42.6. The number of urea groups is 1. The Kier molecular flexibility index (Phi) is 6.22. The minimum atomic E-state index is -3.63. The second-order valence-corrected chi connectivity index (χ2v) is 10.1. The number of carbonyl (C=O) groups is 3. The molecule has 2 aromatic rings. The lowest BCUT2D eigenvalue weighted by Crippen LogP contribution is -2.53. The van der Waals surface area contributed by atoms with Crippen LogP contribution in [0.1, 0.15) is 12.5 Å². The number of nitrogens with zero attached hydrogens (tertiary/aromatic N) is 4. The summed E-state index contributed by atoms with van der Waals surface area (Å²) < 4.78 is 26.9. The number of carbonyl (C=O) groups excluding carboxylic acids is 3. The van der Waals surface area contributed by atoms with Crippen LogP contribution in [-0.4, -0.2) is 79.1 Å². The second-order valence-electron chi connectivity index (χ2n) is 8.19. The van der Waals surface area contributed by atoms with Crippen LogP contribution in [0.3, 0.4) is 0 Å². The zero-order valence-corrected chi connectivity index (χ0v) is 19.4. The molecule has 0 bridgehead atoms. The van der Waals surface area contributed by atoms with Gasteiger partial charge in [-0.3, -0.25) is 19.4 Å². The quantitative estimate of drug-likeness (QED) is 0.620. The standard InChI is InChI=1S/C23H26N4O5S/c1-17-8-10-19(11-9-17)27-18(2)22(29)26(23(27)30)16-21(28)24-12-14-25(15-13-24)33(31,32)20-6-4-3-5-7-20/h3-11,18H,12-16H2,1-2H3/t18-/m0/s1. The molecule has 1 atom stereocenters. The lowest BCUT2D eigenvalue weighted by Gasteiger charge is -2.34. The fourth-order valence-electron chi connectivity index (χ4n) is 4.07. The van der Waals surface area contributed by atoms with Gasteiger partial charge >= 0.3 is 6.03 Å². The molecule has 2 aliphatic rings. The number of rotatable bonds is 5. The van der Waals surface area contributed by atoms with Crippen LogP contribution < -0.4 is 4.90 Å². The average Bonchev–Trinajstić information content (AvgIpc) is 3.03. The van der Waals surface area contributed by atoms with Gasteiger partial charge in [-0.05, 0) is 38.1 Å². The van der Waals surface area contributed by atoms with Crippen LogP contribution in [-0.2, 0) is 19.6 Å². The first-order valence-corrected chi connectivity index (χ1v) is 12.2. The Morgan fingerprint density at radius 3 is 2.15 bits per heavy atom. The van der Waals surface area contributed by atoms with Gasteiger partial charge in [-0.1, -0.05) is 35.9 Å². The van der Waals surface area contributed by atoms with Crippen LogP contribution in [0.15, 0.2) is 59.5 Å². The summed E-state index contributed by atoms with van der Waals surface area (Å²) in [5, 5.41) is 0. The molecule has 4 amide bonds. The van der Waals surface area contributed by atoms with E-state index in [-0.39, 0.29) is 43.5 Å². The van der Waals surface area contributed by atoms with Gasteiger partial charge in [0.2, 0.25) is 15.9 Å². The highest BCUT2D eigenvalue weighted by molar-refractivity contribution is 7.89. The van der Waals surface area contributed by atoms with E-state index in [0.717, 1.165) is 10.5 Å². The molecule has 0 N–H and O–H groups in total. The van der Waals surface area contributed by atoms with Crippen molar-refractivity contribution in [1.29, 1.82) is 0 Å². The maximum absolute atomic E-state index is 12.9. The molecule has 0 unspecified atom stereocenters. The Bertz CT molecular complexity index is 1160. The van der Waals surface area contributed by atoms with Gasteiger partial charge < -0.3 is 4.90 Å². The number of benzene rings is 2. The van der Waals surface area contributed by atoms with Gasteiger partial charge in [0, 0.05) is 31.9 Å². The molecule has 33 heavy (non-hydrogen) atoms. The van der Waals surface area contributed by atoms with Crippen molar-refractivity contribution in [2.75, 3.05) is 37.6 Å². The largest absolute Gasteiger partial charge is 0.338 e. The third-order valence-corrected chi connectivity index (χ3v) is 7.94. The van der Waals surface area contributed by atoms with Crippen LogP contribution in [0, 0.1) is 6.92 Å². The molecule has 174 valence electrons. The molecular formula is C23H26N4O5S. The van der Waals surface area contributed by atoms with Crippen molar-refractivity contribution in [3.05, 3.63) is 60.2 Å². The maximum Gasteiger partial charge on any atom is 0.332 e. The predicted molar refractivity (Wildman–Crippen MR) is 122 cm³/mol. The lowest BCUT2D eigenvalue weighted by molar-refractivity contribution is -0.137.